The number of hydrogen-bond acceptors (Lipinski definition) is 5. The zero-order valence-corrected chi connectivity index (χ0v) is 17.2. The number of carbonyl (C=O) groups is 2. The van der Waals surface area contributed by atoms with Crippen LogP contribution in [-0.4, -0.2) is 29.5 Å². The molecule has 1 aliphatic rings. The Balaban J connectivity index is 1.61. The minimum absolute atomic E-state index is 0.0968. The number of ether oxygens (including phenoxy) is 2. The molecule has 0 radical (unpaired) electrons. The molecule has 2 atom stereocenters. The van der Waals surface area contributed by atoms with Gasteiger partial charge >= 0.3 is 5.97 Å². The summed E-state index contributed by atoms with van der Waals surface area (Å²) < 4.78 is 10.9. The van der Waals surface area contributed by atoms with Gasteiger partial charge in [0.15, 0.2) is 0 Å². The Morgan fingerprint density at radius 3 is 2.35 bits per heavy atom. The van der Waals surface area contributed by atoms with Crippen LogP contribution in [0.5, 0.6) is 11.6 Å². The highest BCUT2D eigenvalue weighted by molar-refractivity contribution is 5.91. The van der Waals surface area contributed by atoms with E-state index in [-0.39, 0.29) is 6.42 Å². The molecule has 0 bridgehead atoms. The van der Waals surface area contributed by atoms with E-state index >= 15 is 0 Å². The van der Waals surface area contributed by atoms with Crippen molar-refractivity contribution in [3.8, 4) is 11.6 Å². The first-order valence-corrected chi connectivity index (χ1v) is 10.0. The van der Waals surface area contributed by atoms with Crippen molar-refractivity contribution in [3.05, 3.63) is 89.6 Å². The van der Waals surface area contributed by atoms with Gasteiger partial charge in [-0.3, -0.25) is 4.79 Å². The van der Waals surface area contributed by atoms with Crippen molar-refractivity contribution >= 4 is 12.3 Å². The number of benzene rings is 2. The van der Waals surface area contributed by atoms with Gasteiger partial charge in [0.2, 0.25) is 5.88 Å². The zero-order chi connectivity index (χ0) is 21.9. The molecule has 4 rings (SSSR count). The molecule has 1 heterocycles. The summed E-state index contributed by atoms with van der Waals surface area (Å²) in [6.07, 6.45) is 2.81. The summed E-state index contributed by atoms with van der Waals surface area (Å²) in [6, 6.07) is 20.4. The van der Waals surface area contributed by atoms with Crippen LogP contribution in [-0.2, 0) is 27.0 Å². The summed E-state index contributed by atoms with van der Waals surface area (Å²) in [5.74, 6) is 0.135. The minimum atomic E-state index is -1.19. The van der Waals surface area contributed by atoms with Crippen molar-refractivity contribution in [1.82, 2.24) is 4.98 Å². The molecule has 2 aromatic carbocycles. The first-order valence-electron chi connectivity index (χ1n) is 10.0. The Kier molecular flexibility index (Phi) is 5.46. The first kappa shape index (κ1) is 20.6. The van der Waals surface area contributed by atoms with Gasteiger partial charge in [-0.15, -0.1) is 0 Å². The quantitative estimate of drug-likeness (QED) is 0.531. The highest BCUT2D eigenvalue weighted by Gasteiger charge is 2.73. The number of rotatable bonds is 9. The number of carboxylic acid groups (broad SMARTS) is 1. The normalized spacial score (nSPS) is 21.8. The van der Waals surface area contributed by atoms with E-state index in [9.17, 15) is 14.7 Å². The predicted molar refractivity (Wildman–Crippen MR) is 114 cm³/mol. The maximum absolute atomic E-state index is 12.5. The number of hydrogen-bond donors (Lipinski definition) is 1. The second-order valence-corrected chi connectivity index (χ2v) is 7.73. The third-order valence-electron chi connectivity index (χ3n) is 6.15. The SMILES string of the molecule is COc1ccc(C2(CC=O)CC2(C(=O)O)c2ccc(OCc3ccccc3)cc2)cn1. The number of carboxylic acids is 1. The molecule has 1 aliphatic carbocycles. The van der Waals surface area contributed by atoms with E-state index in [4.69, 9.17) is 9.47 Å². The van der Waals surface area contributed by atoms with Crippen LogP contribution in [0.2, 0.25) is 0 Å². The predicted octanol–water partition coefficient (Wildman–Crippen LogP) is 3.92. The summed E-state index contributed by atoms with van der Waals surface area (Å²) >= 11 is 0. The molecule has 1 aromatic heterocycles. The Morgan fingerprint density at radius 2 is 1.77 bits per heavy atom. The Morgan fingerprint density at radius 1 is 1.06 bits per heavy atom. The van der Waals surface area contributed by atoms with Crippen molar-refractivity contribution in [1.29, 1.82) is 0 Å². The van der Waals surface area contributed by atoms with E-state index in [1.54, 1.807) is 42.6 Å². The summed E-state index contributed by atoms with van der Waals surface area (Å²) in [4.78, 5) is 28.2. The monoisotopic (exact) mass is 417 g/mol. The second-order valence-electron chi connectivity index (χ2n) is 7.73. The average molecular weight is 417 g/mol. The molecule has 6 heteroatoms. The van der Waals surface area contributed by atoms with E-state index in [2.05, 4.69) is 4.98 Å². The standard InChI is InChI=1S/C25H23NO5/c1-30-22-12-9-20(15-26-22)24(13-14-27)17-25(24,23(28)29)19-7-10-21(11-8-19)31-16-18-5-3-2-4-6-18/h2-12,14-15H,13,16-17H2,1H3,(H,28,29). The lowest BCUT2D eigenvalue weighted by Crippen LogP contribution is -2.31. The van der Waals surface area contributed by atoms with Crippen LogP contribution < -0.4 is 9.47 Å². The highest BCUT2D eigenvalue weighted by atomic mass is 16.5. The van der Waals surface area contributed by atoms with Gasteiger partial charge in [-0.05, 0) is 35.2 Å². The molecule has 1 fully saturated rings. The lowest BCUT2D eigenvalue weighted by Gasteiger charge is -2.22. The van der Waals surface area contributed by atoms with Crippen molar-refractivity contribution in [2.75, 3.05) is 7.11 Å². The number of methoxy groups -OCH3 is 1. The number of pyridine rings is 1. The Hall–Kier alpha value is -3.67. The molecule has 3 aromatic rings. The molecule has 1 saturated carbocycles. The van der Waals surface area contributed by atoms with Crippen LogP contribution in [0.15, 0.2) is 72.9 Å². The smallest absolute Gasteiger partial charge is 0.315 e. The number of nitrogens with zero attached hydrogens (tertiary/aromatic N) is 1. The van der Waals surface area contributed by atoms with Crippen LogP contribution in [0, 0.1) is 0 Å². The lowest BCUT2D eigenvalue weighted by atomic mass is 9.80. The zero-order valence-electron chi connectivity index (χ0n) is 17.2. The van der Waals surface area contributed by atoms with Gasteiger partial charge in [0, 0.05) is 24.1 Å². The molecule has 31 heavy (non-hydrogen) atoms. The van der Waals surface area contributed by atoms with Gasteiger partial charge in [-0.2, -0.15) is 0 Å². The van der Waals surface area contributed by atoms with Crippen LogP contribution in [0.3, 0.4) is 0 Å². The van der Waals surface area contributed by atoms with Crippen LogP contribution >= 0.6 is 0 Å². The van der Waals surface area contributed by atoms with Crippen molar-refractivity contribution < 1.29 is 24.2 Å². The van der Waals surface area contributed by atoms with Crippen LogP contribution in [0.4, 0.5) is 0 Å². The van der Waals surface area contributed by atoms with Gasteiger partial charge in [-0.1, -0.05) is 48.5 Å². The maximum Gasteiger partial charge on any atom is 0.315 e. The minimum Gasteiger partial charge on any atom is -0.489 e. The summed E-state index contributed by atoms with van der Waals surface area (Å²) in [5, 5.41) is 10.2. The average Bonchev–Trinajstić information content (AvgIpc) is 3.50. The van der Waals surface area contributed by atoms with E-state index < -0.39 is 16.8 Å². The first-order chi connectivity index (χ1) is 15.1. The fourth-order valence-corrected chi connectivity index (χ4v) is 4.41. The number of aliphatic carboxylic acids is 1. The summed E-state index contributed by atoms with van der Waals surface area (Å²) in [5.41, 5.74) is 0.374. The van der Waals surface area contributed by atoms with E-state index in [0.29, 0.717) is 35.8 Å². The largest absolute Gasteiger partial charge is 0.489 e. The van der Waals surface area contributed by atoms with Gasteiger partial charge in [0.1, 0.15) is 24.1 Å². The lowest BCUT2D eigenvalue weighted by molar-refractivity contribution is -0.140. The molecule has 1 N–H and O–H groups in total. The van der Waals surface area contributed by atoms with Crippen LogP contribution in [0.25, 0.3) is 0 Å². The van der Waals surface area contributed by atoms with Crippen molar-refractivity contribution in [3.63, 3.8) is 0 Å². The topological polar surface area (TPSA) is 85.7 Å². The van der Waals surface area contributed by atoms with Crippen molar-refractivity contribution in [2.24, 2.45) is 0 Å². The molecular formula is C25H23NO5. The third-order valence-corrected chi connectivity index (χ3v) is 6.15. The Bertz CT molecular complexity index is 1070. The van der Waals surface area contributed by atoms with Crippen LogP contribution in [0.1, 0.15) is 29.5 Å². The number of aromatic nitrogens is 1. The molecule has 0 amide bonds. The summed E-state index contributed by atoms with van der Waals surface area (Å²) in [7, 11) is 1.52. The van der Waals surface area contributed by atoms with E-state index in [1.807, 2.05) is 30.3 Å². The molecule has 0 saturated heterocycles. The highest BCUT2D eigenvalue weighted by Crippen LogP contribution is 2.67. The molecular weight excluding hydrogens is 394 g/mol. The molecule has 2 unspecified atom stereocenters. The van der Waals surface area contributed by atoms with Gasteiger partial charge in [0.05, 0.1) is 7.11 Å². The molecule has 0 aliphatic heterocycles. The fourth-order valence-electron chi connectivity index (χ4n) is 4.41. The van der Waals surface area contributed by atoms with E-state index in [1.165, 1.54) is 7.11 Å². The van der Waals surface area contributed by atoms with Gasteiger partial charge in [0.25, 0.3) is 0 Å². The Labute approximate surface area is 180 Å². The summed E-state index contributed by atoms with van der Waals surface area (Å²) in [6.45, 7) is 0.427. The van der Waals surface area contributed by atoms with Gasteiger partial charge in [-0.25, -0.2) is 4.98 Å². The molecule has 0 spiro atoms. The maximum atomic E-state index is 12.5. The third kappa shape index (κ3) is 3.54. The van der Waals surface area contributed by atoms with E-state index in [0.717, 1.165) is 11.8 Å². The van der Waals surface area contributed by atoms with Crippen molar-refractivity contribution in [2.45, 2.75) is 30.3 Å². The molecule has 6 nitrogen and oxygen atoms in total. The second kappa shape index (κ2) is 8.22. The van der Waals surface area contributed by atoms with Gasteiger partial charge < -0.3 is 19.4 Å². The number of carbonyl (C=O) groups excluding carboxylic acids is 1. The number of aldehydes is 1. The fraction of sp³-hybridized carbons (Fsp3) is 0.240. The molecule has 158 valence electrons.